The summed E-state index contributed by atoms with van der Waals surface area (Å²) >= 11 is 0. The number of hydrogen-bond acceptors (Lipinski definition) is 8. The topological polar surface area (TPSA) is 140 Å². The van der Waals surface area contributed by atoms with E-state index in [2.05, 4.69) is 0 Å². The second-order valence-corrected chi connectivity index (χ2v) is 9.70. The maximum absolute atomic E-state index is 13.9. The highest BCUT2D eigenvalue weighted by atomic mass is 16.6. The number of ether oxygens (including phenoxy) is 2. The molecule has 0 saturated carbocycles. The van der Waals surface area contributed by atoms with Crippen molar-refractivity contribution in [3.05, 3.63) is 75.8 Å². The second-order valence-electron chi connectivity index (χ2n) is 9.70. The third kappa shape index (κ3) is 7.75. The fraction of sp³-hybridized carbons (Fsp3) is 0.444. The standard InChI is InChI=1S/C27H35N3O8/c1-7-37-25(33)22(23(31)19-15-11-12-16-20(19)30(35)36)29(6)24(32)21(17-18-13-9-8-10-14-18)28(5)26(34)38-27(2,3)4/h8-16,21-23,31H,7,17H2,1-6H3. The predicted molar refractivity (Wildman–Crippen MR) is 139 cm³/mol. The molecule has 0 saturated heterocycles. The van der Waals surface area contributed by atoms with Crippen molar-refractivity contribution in [1.29, 1.82) is 0 Å². The van der Waals surface area contributed by atoms with E-state index in [0.717, 1.165) is 15.4 Å². The van der Waals surface area contributed by atoms with Gasteiger partial charge in [-0.15, -0.1) is 0 Å². The lowest BCUT2D eigenvalue weighted by atomic mass is 9.97. The van der Waals surface area contributed by atoms with Crippen LogP contribution in [0.1, 0.15) is 44.9 Å². The molecule has 11 nitrogen and oxygen atoms in total. The molecule has 0 bridgehead atoms. The van der Waals surface area contributed by atoms with Gasteiger partial charge in [0.2, 0.25) is 5.91 Å². The second kappa shape index (κ2) is 13.0. The molecule has 0 aromatic heterocycles. The number of carbonyl (C=O) groups is 3. The Kier molecular flexibility index (Phi) is 10.3. The third-order valence-electron chi connectivity index (χ3n) is 5.75. The summed E-state index contributed by atoms with van der Waals surface area (Å²) in [5, 5.41) is 22.8. The summed E-state index contributed by atoms with van der Waals surface area (Å²) in [7, 11) is 2.69. The molecule has 2 aromatic rings. The Morgan fingerprint density at radius 1 is 1.00 bits per heavy atom. The fourth-order valence-electron chi connectivity index (χ4n) is 3.86. The molecule has 3 atom stereocenters. The van der Waals surface area contributed by atoms with Gasteiger partial charge in [-0.2, -0.15) is 0 Å². The highest BCUT2D eigenvalue weighted by molar-refractivity contribution is 5.90. The van der Waals surface area contributed by atoms with E-state index in [4.69, 9.17) is 9.47 Å². The first-order chi connectivity index (χ1) is 17.8. The van der Waals surface area contributed by atoms with Crippen molar-refractivity contribution in [2.45, 2.75) is 57.9 Å². The molecule has 3 unspecified atom stereocenters. The number of carbonyl (C=O) groups excluding carboxylic acids is 3. The Bertz CT molecular complexity index is 1130. The Labute approximate surface area is 222 Å². The van der Waals surface area contributed by atoms with Crippen molar-refractivity contribution < 1.29 is 33.9 Å². The van der Waals surface area contributed by atoms with E-state index in [1.54, 1.807) is 52.0 Å². The van der Waals surface area contributed by atoms with Gasteiger partial charge in [-0.25, -0.2) is 9.59 Å². The maximum atomic E-state index is 13.9. The minimum atomic E-state index is -1.78. The Morgan fingerprint density at radius 3 is 2.13 bits per heavy atom. The number of nitro groups is 1. The SMILES string of the molecule is CCOC(=O)C(C(O)c1ccccc1[N+](=O)[O-])N(C)C(=O)C(Cc1ccccc1)N(C)C(=O)OC(C)(C)C. The van der Waals surface area contributed by atoms with Crippen LogP contribution in [-0.2, 0) is 25.5 Å². The molecule has 11 heteroatoms. The summed E-state index contributed by atoms with van der Waals surface area (Å²) in [5.74, 6) is -1.65. The van der Waals surface area contributed by atoms with E-state index in [9.17, 15) is 29.6 Å². The Balaban J connectivity index is 2.52. The summed E-state index contributed by atoms with van der Waals surface area (Å²) in [6.45, 7) is 6.59. The fourth-order valence-corrected chi connectivity index (χ4v) is 3.86. The van der Waals surface area contributed by atoms with Gasteiger partial charge in [0.25, 0.3) is 5.69 Å². The highest BCUT2D eigenvalue weighted by Crippen LogP contribution is 2.30. The summed E-state index contributed by atoms with van der Waals surface area (Å²) in [4.78, 5) is 52.8. The van der Waals surface area contributed by atoms with Crippen LogP contribution in [0.5, 0.6) is 0 Å². The van der Waals surface area contributed by atoms with Gasteiger partial charge in [0.1, 0.15) is 17.7 Å². The molecule has 0 aliphatic carbocycles. The predicted octanol–water partition coefficient (Wildman–Crippen LogP) is 3.50. The summed E-state index contributed by atoms with van der Waals surface area (Å²) in [6, 6.07) is 11.6. The molecule has 2 aromatic carbocycles. The average molecular weight is 530 g/mol. The normalized spacial score (nSPS) is 13.6. The van der Waals surface area contributed by atoms with Crippen LogP contribution < -0.4 is 0 Å². The molecule has 0 aliphatic rings. The summed E-state index contributed by atoms with van der Waals surface area (Å²) in [6.07, 6.45) is -2.46. The number of esters is 1. The van der Waals surface area contributed by atoms with Crippen molar-refractivity contribution in [3.8, 4) is 0 Å². The summed E-state index contributed by atoms with van der Waals surface area (Å²) < 4.78 is 10.6. The number of nitro benzene ring substituents is 1. The number of para-hydroxylation sites is 1. The van der Waals surface area contributed by atoms with Crippen LogP contribution in [0.15, 0.2) is 54.6 Å². The minimum absolute atomic E-state index is 0.0494. The van der Waals surface area contributed by atoms with Crippen molar-refractivity contribution in [1.82, 2.24) is 9.80 Å². The number of nitrogens with zero attached hydrogens (tertiary/aromatic N) is 3. The molecular weight excluding hydrogens is 494 g/mol. The van der Waals surface area contributed by atoms with E-state index in [1.165, 1.54) is 38.4 Å². The van der Waals surface area contributed by atoms with Gasteiger partial charge in [0.05, 0.1) is 17.1 Å². The van der Waals surface area contributed by atoms with Crippen LogP contribution >= 0.6 is 0 Å². The van der Waals surface area contributed by atoms with E-state index in [-0.39, 0.29) is 18.6 Å². The molecule has 2 rings (SSSR count). The largest absolute Gasteiger partial charge is 0.464 e. The first-order valence-electron chi connectivity index (χ1n) is 12.1. The molecule has 0 radical (unpaired) electrons. The summed E-state index contributed by atoms with van der Waals surface area (Å²) in [5.41, 5.74) is -0.660. The van der Waals surface area contributed by atoms with E-state index in [1.807, 2.05) is 6.07 Å². The number of rotatable bonds is 10. The van der Waals surface area contributed by atoms with Crippen LogP contribution in [0.3, 0.4) is 0 Å². The van der Waals surface area contributed by atoms with Gasteiger partial charge >= 0.3 is 12.1 Å². The van der Waals surface area contributed by atoms with Crippen LogP contribution in [0.2, 0.25) is 0 Å². The Hall–Kier alpha value is -3.99. The van der Waals surface area contributed by atoms with Crippen molar-refractivity contribution in [2.24, 2.45) is 0 Å². The Morgan fingerprint density at radius 2 is 1.58 bits per heavy atom. The van der Waals surface area contributed by atoms with Crippen LogP contribution in [0.4, 0.5) is 10.5 Å². The number of amides is 2. The van der Waals surface area contributed by atoms with Crippen molar-refractivity contribution in [3.63, 3.8) is 0 Å². The van der Waals surface area contributed by atoms with E-state index < -0.39 is 52.4 Å². The van der Waals surface area contributed by atoms with Gasteiger partial charge in [0, 0.05) is 26.6 Å². The van der Waals surface area contributed by atoms with Gasteiger partial charge in [-0.3, -0.25) is 19.8 Å². The smallest absolute Gasteiger partial charge is 0.410 e. The average Bonchev–Trinajstić information content (AvgIpc) is 2.86. The van der Waals surface area contributed by atoms with E-state index >= 15 is 0 Å². The lowest BCUT2D eigenvalue weighted by Gasteiger charge is -2.36. The molecule has 38 heavy (non-hydrogen) atoms. The molecule has 2 amide bonds. The number of hydrogen-bond donors (Lipinski definition) is 1. The highest BCUT2D eigenvalue weighted by Gasteiger charge is 2.42. The van der Waals surface area contributed by atoms with Crippen LogP contribution in [0.25, 0.3) is 0 Å². The molecule has 0 heterocycles. The third-order valence-corrected chi connectivity index (χ3v) is 5.75. The lowest BCUT2D eigenvalue weighted by molar-refractivity contribution is -0.386. The molecule has 0 spiro atoms. The first-order valence-corrected chi connectivity index (χ1v) is 12.1. The molecule has 206 valence electrons. The monoisotopic (exact) mass is 529 g/mol. The number of likely N-dealkylation sites (N-methyl/N-ethyl adjacent to an activating group) is 2. The number of aliphatic hydroxyl groups excluding tert-OH is 1. The molecule has 1 N–H and O–H groups in total. The van der Waals surface area contributed by atoms with Crippen molar-refractivity contribution in [2.75, 3.05) is 20.7 Å². The molecule has 0 aliphatic heterocycles. The zero-order valence-corrected chi connectivity index (χ0v) is 22.5. The quantitative estimate of drug-likeness (QED) is 0.280. The van der Waals surface area contributed by atoms with Crippen molar-refractivity contribution >= 4 is 23.7 Å². The van der Waals surface area contributed by atoms with Gasteiger partial charge < -0.3 is 19.5 Å². The number of aliphatic hydroxyl groups is 1. The maximum Gasteiger partial charge on any atom is 0.410 e. The van der Waals surface area contributed by atoms with Gasteiger partial charge in [-0.1, -0.05) is 42.5 Å². The van der Waals surface area contributed by atoms with E-state index in [0.29, 0.717) is 0 Å². The van der Waals surface area contributed by atoms with Gasteiger partial charge in [0.15, 0.2) is 6.04 Å². The van der Waals surface area contributed by atoms with Crippen LogP contribution in [0, 0.1) is 10.1 Å². The molecular formula is C27H35N3O8. The first kappa shape index (κ1) is 30.2. The number of benzene rings is 2. The molecule has 0 fully saturated rings. The van der Waals surface area contributed by atoms with Crippen LogP contribution in [-0.4, -0.2) is 76.2 Å². The lowest BCUT2D eigenvalue weighted by Crippen LogP contribution is -2.56. The zero-order valence-electron chi connectivity index (χ0n) is 22.5. The minimum Gasteiger partial charge on any atom is -0.464 e. The van der Waals surface area contributed by atoms with Gasteiger partial charge in [-0.05, 0) is 39.3 Å². The zero-order chi connectivity index (χ0) is 28.6.